The number of fused-ring (bicyclic) bond motifs is 1. The van der Waals surface area contributed by atoms with Crippen molar-refractivity contribution >= 4 is 11.6 Å². The fraction of sp³-hybridized carbons (Fsp3) is 0.273. The number of nitrogen functional groups attached to an aromatic ring is 1. The molecule has 0 spiro atoms. The third kappa shape index (κ3) is 3.15. The molecule has 0 bridgehead atoms. The van der Waals surface area contributed by atoms with Crippen LogP contribution in [0.4, 0.5) is 5.82 Å². The van der Waals surface area contributed by atoms with Gasteiger partial charge in [-0.25, -0.2) is 4.98 Å². The van der Waals surface area contributed by atoms with Gasteiger partial charge in [-0.1, -0.05) is 37.3 Å². The van der Waals surface area contributed by atoms with Crippen LogP contribution in [0.5, 0.6) is 0 Å². The van der Waals surface area contributed by atoms with E-state index < -0.39 is 0 Å². The zero-order valence-corrected chi connectivity index (χ0v) is 15.0. The number of pyridine rings is 1. The predicted molar refractivity (Wildman–Crippen MR) is 104 cm³/mol. The first-order valence-electron chi connectivity index (χ1n) is 9.14. The van der Waals surface area contributed by atoms with Gasteiger partial charge in [0.1, 0.15) is 5.82 Å². The van der Waals surface area contributed by atoms with Crippen LogP contribution in [0.2, 0.25) is 0 Å². The summed E-state index contributed by atoms with van der Waals surface area (Å²) in [7, 11) is 0. The van der Waals surface area contributed by atoms with Crippen molar-refractivity contribution in [3.8, 4) is 11.3 Å². The molecule has 1 aromatic carbocycles. The van der Waals surface area contributed by atoms with Gasteiger partial charge in [-0.2, -0.15) is 0 Å². The predicted octanol–water partition coefficient (Wildman–Crippen LogP) is 4.40. The van der Waals surface area contributed by atoms with E-state index in [9.17, 15) is 4.79 Å². The Morgan fingerprint density at radius 2 is 2.04 bits per heavy atom. The number of ketones is 1. The van der Waals surface area contributed by atoms with Crippen LogP contribution in [-0.4, -0.2) is 15.8 Å². The van der Waals surface area contributed by atoms with Crippen LogP contribution < -0.4 is 5.73 Å². The van der Waals surface area contributed by atoms with E-state index in [2.05, 4.69) is 29.0 Å². The summed E-state index contributed by atoms with van der Waals surface area (Å²) < 4.78 is 0. The Morgan fingerprint density at radius 1 is 1.23 bits per heavy atom. The van der Waals surface area contributed by atoms with Crippen LogP contribution in [-0.2, 0) is 12.8 Å². The van der Waals surface area contributed by atoms with Crippen molar-refractivity contribution in [3.63, 3.8) is 0 Å². The first-order chi connectivity index (χ1) is 12.6. The molecule has 0 amide bonds. The van der Waals surface area contributed by atoms with Crippen LogP contribution in [0, 0.1) is 5.92 Å². The Kier molecular flexibility index (Phi) is 4.33. The fourth-order valence-electron chi connectivity index (χ4n) is 3.87. The van der Waals surface area contributed by atoms with Crippen LogP contribution >= 0.6 is 0 Å². The van der Waals surface area contributed by atoms with E-state index in [1.807, 2.05) is 30.3 Å². The van der Waals surface area contributed by atoms with Crippen molar-refractivity contribution in [2.75, 3.05) is 5.73 Å². The summed E-state index contributed by atoms with van der Waals surface area (Å²) in [5.41, 5.74) is 12.1. The molecular formula is C22H23N3O. The summed E-state index contributed by atoms with van der Waals surface area (Å²) >= 11 is 0. The Labute approximate surface area is 153 Å². The third-order valence-corrected chi connectivity index (χ3v) is 5.17. The second-order valence-corrected chi connectivity index (χ2v) is 7.24. The van der Waals surface area contributed by atoms with E-state index in [-0.39, 0.29) is 5.78 Å². The van der Waals surface area contributed by atoms with Gasteiger partial charge in [0, 0.05) is 35.9 Å². The number of nitrogens with two attached hydrogens (primary N) is 1. The first-order valence-corrected chi connectivity index (χ1v) is 9.14. The number of nitrogens with one attached hydrogen (secondary N) is 1. The average molecular weight is 345 g/mol. The van der Waals surface area contributed by atoms with E-state index in [1.165, 1.54) is 5.56 Å². The molecule has 4 nitrogen and oxygen atoms in total. The summed E-state index contributed by atoms with van der Waals surface area (Å²) in [5.74, 6) is 1.23. The quantitative estimate of drug-likeness (QED) is 0.691. The molecule has 26 heavy (non-hydrogen) atoms. The highest BCUT2D eigenvalue weighted by molar-refractivity contribution is 6.01. The summed E-state index contributed by atoms with van der Waals surface area (Å²) in [6.07, 6.45) is 4.91. The van der Waals surface area contributed by atoms with Crippen molar-refractivity contribution < 1.29 is 4.79 Å². The van der Waals surface area contributed by atoms with Gasteiger partial charge >= 0.3 is 0 Å². The number of aromatic amines is 1. The molecular weight excluding hydrogens is 322 g/mol. The van der Waals surface area contributed by atoms with Gasteiger partial charge in [0.05, 0.1) is 5.69 Å². The number of rotatable bonds is 3. The number of hydrogen-bond acceptors (Lipinski definition) is 3. The SMILES string of the molecule is CC1CCC(=O)c2c([nH]c(-c3ccnc(N)c3)c2Cc2ccccc2)C1. The maximum Gasteiger partial charge on any atom is 0.165 e. The lowest BCUT2D eigenvalue weighted by Gasteiger charge is -2.09. The molecule has 3 N–H and O–H groups in total. The molecule has 132 valence electrons. The lowest BCUT2D eigenvalue weighted by Crippen LogP contribution is -2.03. The van der Waals surface area contributed by atoms with Gasteiger partial charge in [0.2, 0.25) is 0 Å². The lowest BCUT2D eigenvalue weighted by atomic mass is 9.95. The van der Waals surface area contributed by atoms with E-state index in [0.29, 0.717) is 18.2 Å². The van der Waals surface area contributed by atoms with E-state index in [0.717, 1.165) is 47.3 Å². The van der Waals surface area contributed by atoms with Gasteiger partial charge in [0.25, 0.3) is 0 Å². The molecule has 2 heterocycles. The monoisotopic (exact) mass is 345 g/mol. The number of carbonyl (C=O) groups is 1. The number of hydrogen-bond donors (Lipinski definition) is 2. The number of carbonyl (C=O) groups excluding carboxylic acids is 1. The molecule has 2 aromatic heterocycles. The molecule has 0 saturated carbocycles. The van der Waals surface area contributed by atoms with Crippen molar-refractivity contribution in [1.82, 2.24) is 9.97 Å². The zero-order chi connectivity index (χ0) is 18.1. The smallest absolute Gasteiger partial charge is 0.165 e. The molecule has 1 atom stereocenters. The maximum absolute atomic E-state index is 12.9. The van der Waals surface area contributed by atoms with Crippen molar-refractivity contribution in [3.05, 3.63) is 71.0 Å². The van der Waals surface area contributed by atoms with Crippen molar-refractivity contribution in [2.24, 2.45) is 5.92 Å². The number of aromatic nitrogens is 2. The van der Waals surface area contributed by atoms with Gasteiger partial charge < -0.3 is 10.7 Å². The topological polar surface area (TPSA) is 71.8 Å². The van der Waals surface area contributed by atoms with E-state index >= 15 is 0 Å². The highest BCUT2D eigenvalue weighted by Crippen LogP contribution is 2.35. The minimum Gasteiger partial charge on any atom is -0.384 e. The standard InChI is InChI=1S/C22H23N3O/c1-14-7-8-19(26)21-17(12-15-5-3-2-4-6-15)22(25-18(21)11-14)16-9-10-24-20(23)13-16/h2-6,9-10,13-14,25H,7-8,11-12H2,1H3,(H2,23,24). The maximum atomic E-state index is 12.9. The number of nitrogens with zero attached hydrogens (tertiary/aromatic N) is 1. The minimum atomic E-state index is 0.250. The molecule has 1 aliphatic carbocycles. The molecule has 3 aromatic rings. The molecule has 0 saturated heterocycles. The van der Waals surface area contributed by atoms with Gasteiger partial charge in [-0.15, -0.1) is 0 Å². The second-order valence-electron chi connectivity index (χ2n) is 7.24. The highest BCUT2D eigenvalue weighted by Gasteiger charge is 2.27. The van der Waals surface area contributed by atoms with Gasteiger partial charge in [-0.3, -0.25) is 4.79 Å². The van der Waals surface area contributed by atoms with Gasteiger partial charge in [0.15, 0.2) is 5.78 Å². The van der Waals surface area contributed by atoms with Gasteiger partial charge in [-0.05, 0) is 42.0 Å². The number of anilines is 1. The molecule has 0 fully saturated rings. The molecule has 1 aliphatic rings. The fourth-order valence-corrected chi connectivity index (χ4v) is 3.87. The molecule has 1 unspecified atom stereocenters. The number of benzene rings is 1. The zero-order valence-electron chi connectivity index (χ0n) is 15.0. The average Bonchev–Trinajstić information content (AvgIpc) is 2.91. The molecule has 0 aliphatic heterocycles. The van der Waals surface area contributed by atoms with Crippen LogP contribution in [0.25, 0.3) is 11.3 Å². The summed E-state index contributed by atoms with van der Waals surface area (Å²) in [6, 6.07) is 14.1. The highest BCUT2D eigenvalue weighted by atomic mass is 16.1. The van der Waals surface area contributed by atoms with Crippen LogP contribution in [0.1, 0.15) is 46.9 Å². The molecule has 4 heteroatoms. The Bertz CT molecular complexity index is 943. The van der Waals surface area contributed by atoms with E-state index in [4.69, 9.17) is 5.73 Å². The number of H-pyrrole nitrogens is 1. The third-order valence-electron chi connectivity index (χ3n) is 5.17. The Balaban J connectivity index is 1.89. The molecule has 4 rings (SSSR count). The summed E-state index contributed by atoms with van der Waals surface area (Å²) in [6.45, 7) is 2.21. The van der Waals surface area contributed by atoms with Crippen molar-refractivity contribution in [1.29, 1.82) is 0 Å². The summed E-state index contributed by atoms with van der Waals surface area (Å²) in [5, 5.41) is 0. The Hall–Kier alpha value is -2.88. The normalized spacial score (nSPS) is 17.0. The lowest BCUT2D eigenvalue weighted by molar-refractivity contribution is 0.0978. The second kappa shape index (κ2) is 6.79. The Morgan fingerprint density at radius 3 is 2.81 bits per heavy atom. The summed E-state index contributed by atoms with van der Waals surface area (Å²) in [4.78, 5) is 20.6. The van der Waals surface area contributed by atoms with Crippen molar-refractivity contribution in [2.45, 2.75) is 32.6 Å². The first kappa shape index (κ1) is 16.6. The van der Waals surface area contributed by atoms with Crippen LogP contribution in [0.3, 0.4) is 0 Å². The van der Waals surface area contributed by atoms with E-state index in [1.54, 1.807) is 6.20 Å². The molecule has 0 radical (unpaired) electrons. The van der Waals surface area contributed by atoms with Crippen LogP contribution in [0.15, 0.2) is 48.7 Å². The largest absolute Gasteiger partial charge is 0.384 e. The minimum absolute atomic E-state index is 0.250. The number of Topliss-reactive ketones (excluding diaryl/α,β-unsaturated/α-hetero) is 1.